The lowest BCUT2D eigenvalue weighted by molar-refractivity contribution is -0.139. The lowest BCUT2D eigenvalue weighted by atomic mass is 10.2. The zero-order valence-corrected chi connectivity index (χ0v) is 14.2. The van der Waals surface area contributed by atoms with Crippen LogP contribution in [0.3, 0.4) is 0 Å². The van der Waals surface area contributed by atoms with Crippen LogP contribution in [0.2, 0.25) is 5.02 Å². The van der Waals surface area contributed by atoms with Gasteiger partial charge in [-0.2, -0.15) is 0 Å². The smallest absolute Gasteiger partial charge is 0.331 e. The summed E-state index contributed by atoms with van der Waals surface area (Å²) in [6.07, 6.45) is 3.16. The molecule has 0 N–H and O–H groups in total. The maximum Gasteiger partial charge on any atom is 0.331 e. The number of ether oxygens (including phenoxy) is 1. The van der Waals surface area contributed by atoms with Crippen LogP contribution in [0.4, 0.5) is 0 Å². The summed E-state index contributed by atoms with van der Waals surface area (Å²) in [5.41, 5.74) is 1.75. The van der Waals surface area contributed by atoms with Gasteiger partial charge in [-0.15, -0.1) is 16.4 Å². The SMILES string of the molecule is O=C(/C=C/c1ccc(-c2ccc(Cl)cc2)s1)OCc1csnn1. The fraction of sp³-hybridized carbons (Fsp3) is 0.0625. The van der Waals surface area contributed by atoms with Crippen LogP contribution in [-0.4, -0.2) is 15.6 Å². The molecule has 23 heavy (non-hydrogen) atoms. The van der Waals surface area contributed by atoms with Gasteiger partial charge in [0, 0.05) is 26.2 Å². The van der Waals surface area contributed by atoms with E-state index in [9.17, 15) is 4.79 Å². The fourth-order valence-corrected chi connectivity index (χ4v) is 3.28. The summed E-state index contributed by atoms with van der Waals surface area (Å²) in [7, 11) is 0. The normalized spacial score (nSPS) is 11.0. The highest BCUT2D eigenvalue weighted by Gasteiger charge is 2.03. The molecular formula is C16H11ClN2O2S2. The van der Waals surface area contributed by atoms with Crippen LogP contribution in [0.1, 0.15) is 10.6 Å². The Kier molecular flexibility index (Phi) is 5.17. The highest BCUT2D eigenvalue weighted by atomic mass is 35.5. The Labute approximate surface area is 146 Å². The van der Waals surface area contributed by atoms with Gasteiger partial charge in [-0.05, 0) is 47.4 Å². The standard InChI is InChI=1S/C16H11ClN2O2S2/c17-12-3-1-11(2-4-12)15-7-5-14(23-15)6-8-16(20)21-9-13-10-22-19-18-13/h1-8,10H,9H2/b8-6+. The Hall–Kier alpha value is -2.02. The van der Waals surface area contributed by atoms with E-state index in [4.69, 9.17) is 16.3 Å². The fourth-order valence-electron chi connectivity index (χ4n) is 1.80. The molecule has 1 aromatic carbocycles. The minimum Gasteiger partial charge on any atom is -0.456 e. The summed E-state index contributed by atoms with van der Waals surface area (Å²) < 4.78 is 8.79. The highest BCUT2D eigenvalue weighted by Crippen LogP contribution is 2.29. The number of carbonyl (C=O) groups is 1. The molecule has 0 aliphatic rings. The maximum absolute atomic E-state index is 11.7. The van der Waals surface area contributed by atoms with Gasteiger partial charge < -0.3 is 4.74 Å². The van der Waals surface area contributed by atoms with Gasteiger partial charge in [-0.3, -0.25) is 0 Å². The molecule has 2 heterocycles. The molecular weight excluding hydrogens is 352 g/mol. The van der Waals surface area contributed by atoms with Crippen molar-refractivity contribution in [1.82, 2.24) is 9.59 Å². The van der Waals surface area contributed by atoms with E-state index in [1.165, 1.54) is 17.6 Å². The molecule has 0 unspecified atom stereocenters. The van der Waals surface area contributed by atoms with Gasteiger partial charge in [0.25, 0.3) is 0 Å². The Bertz CT molecular complexity index is 811. The number of carbonyl (C=O) groups excluding carboxylic acids is 1. The van der Waals surface area contributed by atoms with E-state index in [2.05, 4.69) is 9.59 Å². The Balaban J connectivity index is 1.59. The van der Waals surface area contributed by atoms with E-state index in [-0.39, 0.29) is 6.61 Å². The van der Waals surface area contributed by atoms with Crippen molar-refractivity contribution in [2.75, 3.05) is 0 Å². The highest BCUT2D eigenvalue weighted by molar-refractivity contribution is 7.16. The van der Waals surface area contributed by atoms with Crippen LogP contribution in [0, 0.1) is 0 Å². The monoisotopic (exact) mass is 362 g/mol. The van der Waals surface area contributed by atoms with Gasteiger partial charge in [0.05, 0.1) is 0 Å². The second kappa shape index (κ2) is 7.50. The van der Waals surface area contributed by atoms with Crippen molar-refractivity contribution in [3.8, 4) is 10.4 Å². The van der Waals surface area contributed by atoms with Crippen LogP contribution in [0.5, 0.6) is 0 Å². The molecule has 0 fully saturated rings. The number of halogens is 1. The van der Waals surface area contributed by atoms with E-state index in [0.717, 1.165) is 15.3 Å². The quantitative estimate of drug-likeness (QED) is 0.488. The number of rotatable bonds is 5. The minimum absolute atomic E-state index is 0.139. The van der Waals surface area contributed by atoms with Gasteiger partial charge in [0.1, 0.15) is 12.3 Å². The van der Waals surface area contributed by atoms with Crippen LogP contribution >= 0.6 is 34.5 Å². The predicted octanol–water partition coefficient (Wildman–Crippen LogP) is 4.68. The van der Waals surface area contributed by atoms with Crippen molar-refractivity contribution in [3.63, 3.8) is 0 Å². The molecule has 0 saturated heterocycles. The number of nitrogens with zero attached hydrogens (tertiary/aromatic N) is 2. The molecule has 3 aromatic rings. The molecule has 7 heteroatoms. The minimum atomic E-state index is -0.403. The van der Waals surface area contributed by atoms with E-state index in [1.807, 2.05) is 36.4 Å². The Morgan fingerprint density at radius 2 is 2.04 bits per heavy atom. The average Bonchev–Trinajstić information content (AvgIpc) is 3.23. The zero-order valence-electron chi connectivity index (χ0n) is 11.8. The first-order valence-electron chi connectivity index (χ1n) is 6.67. The molecule has 116 valence electrons. The second-order valence-corrected chi connectivity index (χ2v) is 6.71. The molecule has 0 bridgehead atoms. The molecule has 0 spiro atoms. The molecule has 0 aliphatic heterocycles. The second-order valence-electron chi connectivity index (χ2n) is 4.55. The van der Waals surface area contributed by atoms with Crippen molar-refractivity contribution in [1.29, 1.82) is 0 Å². The number of esters is 1. The summed E-state index contributed by atoms with van der Waals surface area (Å²) >= 11 is 8.71. The van der Waals surface area contributed by atoms with Crippen LogP contribution in [0.25, 0.3) is 16.5 Å². The van der Waals surface area contributed by atoms with Gasteiger partial charge >= 0.3 is 5.97 Å². The summed E-state index contributed by atoms with van der Waals surface area (Å²) in [5.74, 6) is -0.403. The van der Waals surface area contributed by atoms with Crippen LogP contribution in [0.15, 0.2) is 47.9 Å². The average molecular weight is 363 g/mol. The third-order valence-corrected chi connectivity index (χ3v) is 4.81. The number of hydrogen-bond donors (Lipinski definition) is 0. The molecule has 2 aromatic heterocycles. The number of aromatic nitrogens is 2. The molecule has 4 nitrogen and oxygen atoms in total. The maximum atomic E-state index is 11.7. The number of thiophene rings is 1. The zero-order chi connectivity index (χ0) is 16.1. The molecule has 0 aliphatic carbocycles. The Morgan fingerprint density at radius 1 is 1.22 bits per heavy atom. The molecule has 3 rings (SSSR count). The third kappa shape index (κ3) is 4.48. The topological polar surface area (TPSA) is 52.1 Å². The summed E-state index contributed by atoms with van der Waals surface area (Å²) in [5, 5.41) is 6.27. The lowest BCUT2D eigenvalue weighted by Crippen LogP contribution is -2.00. The van der Waals surface area contributed by atoms with E-state index < -0.39 is 5.97 Å². The van der Waals surface area contributed by atoms with E-state index >= 15 is 0 Å². The van der Waals surface area contributed by atoms with Crippen molar-refractivity contribution < 1.29 is 9.53 Å². The van der Waals surface area contributed by atoms with Crippen molar-refractivity contribution in [2.24, 2.45) is 0 Å². The number of hydrogen-bond acceptors (Lipinski definition) is 6. The van der Waals surface area contributed by atoms with Gasteiger partial charge in [0.2, 0.25) is 0 Å². The Morgan fingerprint density at radius 3 is 2.78 bits per heavy atom. The van der Waals surface area contributed by atoms with E-state index in [0.29, 0.717) is 10.7 Å². The first-order valence-corrected chi connectivity index (χ1v) is 8.70. The van der Waals surface area contributed by atoms with Crippen LogP contribution < -0.4 is 0 Å². The molecule has 0 amide bonds. The number of benzene rings is 1. The lowest BCUT2D eigenvalue weighted by Gasteiger charge is -1.97. The first kappa shape index (κ1) is 15.9. The van der Waals surface area contributed by atoms with Crippen molar-refractivity contribution in [2.45, 2.75) is 6.61 Å². The van der Waals surface area contributed by atoms with Gasteiger partial charge in [-0.25, -0.2) is 4.79 Å². The molecule has 0 atom stereocenters. The third-order valence-electron chi connectivity index (χ3n) is 2.91. The van der Waals surface area contributed by atoms with Gasteiger partial charge in [-0.1, -0.05) is 28.2 Å². The summed E-state index contributed by atoms with van der Waals surface area (Å²) in [4.78, 5) is 13.8. The van der Waals surface area contributed by atoms with Crippen LogP contribution in [-0.2, 0) is 16.1 Å². The summed E-state index contributed by atoms with van der Waals surface area (Å²) in [6.45, 7) is 0.139. The van der Waals surface area contributed by atoms with Crippen molar-refractivity contribution in [3.05, 3.63) is 63.4 Å². The molecule has 0 radical (unpaired) electrons. The molecule has 0 saturated carbocycles. The van der Waals surface area contributed by atoms with Gasteiger partial charge in [0.15, 0.2) is 0 Å². The largest absolute Gasteiger partial charge is 0.456 e. The first-order chi connectivity index (χ1) is 11.2. The van der Waals surface area contributed by atoms with Crippen molar-refractivity contribution >= 4 is 46.5 Å². The van der Waals surface area contributed by atoms with E-state index in [1.54, 1.807) is 22.8 Å². The predicted molar refractivity (Wildman–Crippen MR) is 93.5 cm³/mol. The summed E-state index contributed by atoms with van der Waals surface area (Å²) in [6, 6.07) is 11.6.